The van der Waals surface area contributed by atoms with E-state index in [1.165, 1.54) is 44.6 Å². The molecular formula is C26H19IN2O7. The van der Waals surface area contributed by atoms with Gasteiger partial charge in [0, 0.05) is 0 Å². The number of hydrogen-bond acceptors (Lipinski definition) is 7. The van der Waals surface area contributed by atoms with Gasteiger partial charge in [-0.2, -0.15) is 5.26 Å². The number of amides is 1. The molecule has 0 aromatic heterocycles. The Hall–Kier alpha value is -4.37. The van der Waals surface area contributed by atoms with Crippen molar-refractivity contribution in [2.24, 2.45) is 0 Å². The first-order valence-corrected chi connectivity index (χ1v) is 11.3. The Labute approximate surface area is 220 Å². The normalized spacial score (nSPS) is 10.7. The minimum Gasteiger partial charge on any atom is -0.497 e. The van der Waals surface area contributed by atoms with Crippen LogP contribution in [-0.2, 0) is 4.79 Å². The van der Waals surface area contributed by atoms with Gasteiger partial charge < -0.3 is 24.6 Å². The number of nitriles is 1. The lowest BCUT2D eigenvalue weighted by molar-refractivity contribution is -0.112. The number of aromatic carboxylic acids is 1. The molecule has 0 fully saturated rings. The number of halogens is 1. The third-order valence-electron chi connectivity index (χ3n) is 4.85. The van der Waals surface area contributed by atoms with Gasteiger partial charge in [0.25, 0.3) is 5.91 Å². The van der Waals surface area contributed by atoms with Crippen molar-refractivity contribution in [3.63, 3.8) is 0 Å². The van der Waals surface area contributed by atoms with Gasteiger partial charge in [0.1, 0.15) is 17.4 Å². The third-order valence-corrected chi connectivity index (χ3v) is 5.66. The van der Waals surface area contributed by atoms with Crippen LogP contribution in [0, 0.1) is 14.9 Å². The van der Waals surface area contributed by atoms with E-state index in [9.17, 15) is 24.8 Å². The number of rotatable bonds is 8. The highest BCUT2D eigenvalue weighted by Gasteiger charge is 2.19. The monoisotopic (exact) mass is 598 g/mol. The van der Waals surface area contributed by atoms with Crippen molar-refractivity contribution in [2.75, 3.05) is 19.5 Å². The molecule has 36 heavy (non-hydrogen) atoms. The molecule has 0 saturated carbocycles. The number of methoxy groups -OCH3 is 2. The van der Waals surface area contributed by atoms with Crippen molar-refractivity contribution in [1.82, 2.24) is 0 Å². The smallest absolute Gasteiger partial charge is 0.343 e. The zero-order valence-electron chi connectivity index (χ0n) is 19.1. The molecule has 0 aliphatic heterocycles. The topological polar surface area (TPSA) is 135 Å². The lowest BCUT2D eigenvalue weighted by Crippen LogP contribution is -2.16. The molecule has 0 atom stereocenters. The summed E-state index contributed by atoms with van der Waals surface area (Å²) >= 11 is 1.95. The summed E-state index contributed by atoms with van der Waals surface area (Å²) in [6.45, 7) is 0. The number of anilines is 1. The molecule has 0 aliphatic rings. The van der Waals surface area contributed by atoms with Crippen molar-refractivity contribution in [1.29, 1.82) is 5.26 Å². The fourth-order valence-corrected chi connectivity index (χ4v) is 3.82. The first-order valence-electron chi connectivity index (χ1n) is 10.3. The minimum atomic E-state index is -1.22. The molecular weight excluding hydrogens is 579 g/mol. The summed E-state index contributed by atoms with van der Waals surface area (Å²) in [5.41, 5.74) is 0.420. The Morgan fingerprint density at radius 3 is 2.33 bits per heavy atom. The molecule has 10 heteroatoms. The zero-order valence-corrected chi connectivity index (χ0v) is 21.2. The molecule has 0 unspecified atom stereocenters. The number of nitrogens with one attached hydrogen (secondary N) is 1. The van der Waals surface area contributed by atoms with E-state index in [0.717, 1.165) is 0 Å². The van der Waals surface area contributed by atoms with E-state index in [-0.39, 0.29) is 28.3 Å². The summed E-state index contributed by atoms with van der Waals surface area (Å²) in [6, 6.07) is 17.2. The van der Waals surface area contributed by atoms with Gasteiger partial charge in [-0.1, -0.05) is 12.1 Å². The van der Waals surface area contributed by atoms with E-state index in [4.69, 9.17) is 14.2 Å². The molecule has 3 rings (SSSR count). The van der Waals surface area contributed by atoms with Crippen molar-refractivity contribution in [3.8, 4) is 23.3 Å². The van der Waals surface area contributed by atoms with Crippen LogP contribution in [0.1, 0.15) is 26.3 Å². The minimum absolute atomic E-state index is 0.0594. The number of carboxylic acid groups (broad SMARTS) is 1. The largest absolute Gasteiger partial charge is 0.497 e. The molecule has 0 aliphatic carbocycles. The number of para-hydroxylation sites is 1. The molecule has 0 spiro atoms. The summed E-state index contributed by atoms with van der Waals surface area (Å²) in [5.74, 6) is -1.62. The van der Waals surface area contributed by atoms with E-state index in [1.807, 2.05) is 28.7 Å². The van der Waals surface area contributed by atoms with Crippen molar-refractivity contribution in [2.45, 2.75) is 0 Å². The highest BCUT2D eigenvalue weighted by Crippen LogP contribution is 2.35. The maximum atomic E-state index is 12.7. The van der Waals surface area contributed by atoms with Crippen molar-refractivity contribution in [3.05, 3.63) is 86.5 Å². The summed E-state index contributed by atoms with van der Waals surface area (Å²) in [4.78, 5) is 36.7. The van der Waals surface area contributed by atoms with Gasteiger partial charge in [-0.3, -0.25) is 4.79 Å². The number of benzene rings is 3. The van der Waals surface area contributed by atoms with Crippen molar-refractivity contribution < 1.29 is 33.7 Å². The fraction of sp³-hybridized carbons (Fsp3) is 0.0769. The van der Waals surface area contributed by atoms with Gasteiger partial charge in [-0.25, -0.2) is 9.59 Å². The predicted molar refractivity (Wildman–Crippen MR) is 139 cm³/mol. The van der Waals surface area contributed by atoms with Gasteiger partial charge in [-0.15, -0.1) is 0 Å². The standard InChI is InChI=1S/C26H19IN2O7/c1-34-18-9-7-16(8-10-18)26(33)36-23-20(27)12-15(13-22(23)35-2)11-17(14-28)24(30)29-21-6-4-3-5-19(21)25(31)32/h3-13H,1-2H3,(H,29,30)(H,31,32)/b17-11+. The van der Waals surface area contributed by atoms with Crippen LogP contribution in [0.2, 0.25) is 0 Å². The average molecular weight is 598 g/mol. The molecule has 182 valence electrons. The Kier molecular flexibility index (Phi) is 8.64. The number of carboxylic acids is 1. The fourth-order valence-electron chi connectivity index (χ4n) is 3.08. The highest BCUT2D eigenvalue weighted by molar-refractivity contribution is 14.1. The number of ether oxygens (including phenoxy) is 3. The van der Waals surface area contributed by atoms with Gasteiger partial charge in [0.05, 0.1) is 34.6 Å². The number of nitrogens with zero attached hydrogens (tertiary/aromatic N) is 1. The summed E-state index contributed by atoms with van der Waals surface area (Å²) in [6.07, 6.45) is 1.32. The maximum Gasteiger partial charge on any atom is 0.343 e. The Morgan fingerprint density at radius 2 is 1.72 bits per heavy atom. The van der Waals surface area contributed by atoms with Crippen LogP contribution < -0.4 is 19.5 Å². The molecule has 0 radical (unpaired) electrons. The van der Waals surface area contributed by atoms with Gasteiger partial charge in [-0.05, 0) is 82.8 Å². The molecule has 9 nitrogen and oxygen atoms in total. The molecule has 0 heterocycles. The summed E-state index contributed by atoms with van der Waals surface area (Å²) in [7, 11) is 2.91. The number of carbonyl (C=O) groups is 3. The Morgan fingerprint density at radius 1 is 1.03 bits per heavy atom. The van der Waals surface area contributed by atoms with Crippen molar-refractivity contribution >= 4 is 52.2 Å². The molecule has 0 saturated heterocycles. The Balaban J connectivity index is 1.87. The second kappa shape index (κ2) is 11.9. The first-order chi connectivity index (χ1) is 17.3. The van der Waals surface area contributed by atoms with Crippen LogP contribution in [0.25, 0.3) is 6.08 Å². The number of esters is 1. The lowest BCUT2D eigenvalue weighted by Gasteiger charge is -2.13. The summed E-state index contributed by atoms with van der Waals surface area (Å²) in [5, 5.41) is 21.3. The van der Waals surface area contributed by atoms with E-state index in [0.29, 0.717) is 20.4 Å². The average Bonchev–Trinajstić information content (AvgIpc) is 2.88. The van der Waals surface area contributed by atoms with Gasteiger partial charge in [0.2, 0.25) is 0 Å². The second-order valence-electron chi connectivity index (χ2n) is 7.13. The second-order valence-corrected chi connectivity index (χ2v) is 8.29. The molecule has 3 aromatic rings. The van der Waals surface area contributed by atoms with Gasteiger partial charge >= 0.3 is 11.9 Å². The van der Waals surface area contributed by atoms with Crippen LogP contribution >= 0.6 is 22.6 Å². The first kappa shape index (κ1) is 26.2. The molecule has 2 N–H and O–H groups in total. The SMILES string of the molecule is COc1ccc(C(=O)Oc2c(I)cc(/C=C(\C#N)C(=O)Nc3ccccc3C(=O)O)cc2OC)cc1. The van der Waals surface area contributed by atoms with Crippen LogP contribution in [0.5, 0.6) is 17.2 Å². The Bertz CT molecular complexity index is 1390. The zero-order chi connectivity index (χ0) is 26.2. The van der Waals surface area contributed by atoms with Gasteiger partial charge in [0.15, 0.2) is 11.5 Å². The molecule has 1 amide bonds. The lowest BCUT2D eigenvalue weighted by atomic mass is 10.1. The number of carbonyl (C=O) groups excluding carboxylic acids is 2. The third kappa shape index (κ3) is 6.19. The summed E-state index contributed by atoms with van der Waals surface area (Å²) < 4.78 is 16.5. The van der Waals surface area contributed by atoms with Crippen LogP contribution in [-0.4, -0.2) is 37.2 Å². The highest BCUT2D eigenvalue weighted by atomic mass is 127. The van der Waals surface area contributed by atoms with E-state index in [2.05, 4.69) is 5.32 Å². The van der Waals surface area contributed by atoms with E-state index < -0.39 is 17.8 Å². The quantitative estimate of drug-likeness (QED) is 0.125. The molecule has 3 aromatic carbocycles. The van der Waals surface area contributed by atoms with Crippen LogP contribution in [0.4, 0.5) is 5.69 Å². The van der Waals surface area contributed by atoms with Crippen LogP contribution in [0.3, 0.4) is 0 Å². The van der Waals surface area contributed by atoms with E-state index >= 15 is 0 Å². The van der Waals surface area contributed by atoms with Crippen LogP contribution in [0.15, 0.2) is 66.2 Å². The van der Waals surface area contributed by atoms with E-state index in [1.54, 1.807) is 36.4 Å². The number of hydrogen-bond donors (Lipinski definition) is 2. The molecule has 0 bridgehead atoms. The maximum absolute atomic E-state index is 12.7. The predicted octanol–water partition coefficient (Wildman–Crippen LogP) is 4.77.